The van der Waals surface area contributed by atoms with Gasteiger partial charge in [0.15, 0.2) is 5.82 Å². The molecule has 77 heavy (non-hydrogen) atoms. The van der Waals surface area contributed by atoms with Crippen molar-refractivity contribution in [3.63, 3.8) is 0 Å². The van der Waals surface area contributed by atoms with Crippen LogP contribution in [0.15, 0.2) is 48.7 Å². The normalized spacial score (nSPS) is 22.9. The summed E-state index contributed by atoms with van der Waals surface area (Å²) in [6.45, 7) is 3.75. The number of nitrogens with one attached hydrogen (secondary N) is 4. The highest BCUT2D eigenvalue weighted by Gasteiger charge is 2.50. The first-order chi connectivity index (χ1) is 37.4. The van der Waals surface area contributed by atoms with E-state index in [0.29, 0.717) is 48.5 Å². The number of nitrogens with zero attached hydrogens (tertiary/aromatic N) is 6. The van der Waals surface area contributed by atoms with Crippen LogP contribution in [0, 0.1) is 24.0 Å². The maximum atomic E-state index is 17.2. The molecular formula is C57H62F2N10O8. The minimum atomic E-state index is -1.01. The summed E-state index contributed by atoms with van der Waals surface area (Å²) in [5, 5.41) is 23.9. The number of hydrogen-bond donors (Lipinski definition) is 5. The number of pyridine rings is 1. The van der Waals surface area contributed by atoms with Gasteiger partial charge in [-0.3, -0.25) is 39.3 Å². The largest absolute Gasteiger partial charge is 0.508 e. The first kappa shape index (κ1) is 51.6. The number of ether oxygens (including phenoxy) is 2. The predicted octanol–water partition coefficient (Wildman–Crippen LogP) is 7.10. The molecule has 6 aliphatic rings. The number of phenolic OH excluding ortho intramolecular Hbond substituents is 1. The summed E-state index contributed by atoms with van der Waals surface area (Å²) in [6.07, 6.45) is 19.2. The fourth-order valence-electron chi connectivity index (χ4n) is 12.7. The minimum Gasteiger partial charge on any atom is -0.508 e. The van der Waals surface area contributed by atoms with Crippen molar-refractivity contribution in [1.29, 1.82) is 0 Å². The van der Waals surface area contributed by atoms with Gasteiger partial charge in [-0.1, -0.05) is 50.2 Å². The SMILES string of the molecule is C#Cc1c(F)ccc2cc(O)cc(-c3ncc4c(N5CC6CCC(C5)N6)nc(OCC56CCCN5C(COC(=O)NCCCCCCCCCNc5cccc7c5C(=O)N(C5CCC(=O)NC5=O)C7=O)CC6)nc4c3F)c12. The number of hydrogen-bond acceptors (Lipinski definition) is 15. The molecule has 0 aliphatic carbocycles. The molecule has 0 saturated carbocycles. The third-order valence-electron chi connectivity index (χ3n) is 16.4. The van der Waals surface area contributed by atoms with Crippen molar-refractivity contribution in [1.82, 2.24) is 40.7 Å². The first-order valence-electron chi connectivity index (χ1n) is 27.1. The molecule has 5 aromatic rings. The Morgan fingerprint density at radius 1 is 0.909 bits per heavy atom. The predicted molar refractivity (Wildman–Crippen MR) is 282 cm³/mol. The summed E-state index contributed by atoms with van der Waals surface area (Å²) in [7, 11) is 0. The van der Waals surface area contributed by atoms with Crippen LogP contribution in [0.4, 0.5) is 25.1 Å². The van der Waals surface area contributed by atoms with Crippen LogP contribution < -0.4 is 30.9 Å². The Hall–Kier alpha value is -7.50. The summed E-state index contributed by atoms with van der Waals surface area (Å²) < 4.78 is 44.5. The lowest BCUT2D eigenvalue weighted by molar-refractivity contribution is -0.136. The maximum absolute atomic E-state index is 17.2. The molecule has 11 rings (SSSR count). The van der Waals surface area contributed by atoms with Crippen LogP contribution >= 0.6 is 0 Å². The molecule has 0 spiro atoms. The van der Waals surface area contributed by atoms with Crippen molar-refractivity contribution < 1.29 is 47.3 Å². The van der Waals surface area contributed by atoms with Gasteiger partial charge >= 0.3 is 12.1 Å². The second-order valence-electron chi connectivity index (χ2n) is 21.3. The Morgan fingerprint density at radius 3 is 2.47 bits per heavy atom. The topological polar surface area (TPSA) is 221 Å². The smallest absolute Gasteiger partial charge is 0.407 e. The molecule has 5 fully saturated rings. The summed E-state index contributed by atoms with van der Waals surface area (Å²) in [6, 6.07) is 10.1. The van der Waals surface area contributed by atoms with Crippen molar-refractivity contribution in [3.05, 3.63) is 77.0 Å². The number of aromatic hydroxyl groups is 1. The summed E-state index contributed by atoms with van der Waals surface area (Å²) in [4.78, 5) is 83.1. The van der Waals surface area contributed by atoms with Gasteiger partial charge in [-0.05, 0) is 100 Å². The van der Waals surface area contributed by atoms with Crippen LogP contribution in [-0.4, -0.2) is 135 Å². The molecule has 8 heterocycles. The van der Waals surface area contributed by atoms with E-state index in [9.17, 15) is 29.1 Å². The number of unbranched alkanes of at least 4 members (excludes halogenated alkanes) is 6. The van der Waals surface area contributed by atoms with Crippen LogP contribution in [0.5, 0.6) is 11.8 Å². The fourth-order valence-corrected chi connectivity index (χ4v) is 12.7. The van der Waals surface area contributed by atoms with Gasteiger partial charge in [-0.2, -0.15) is 9.97 Å². The number of amides is 5. The van der Waals surface area contributed by atoms with Crippen molar-refractivity contribution in [2.45, 2.75) is 126 Å². The minimum absolute atomic E-state index is 0.00271. The van der Waals surface area contributed by atoms with E-state index < -0.39 is 47.4 Å². The molecule has 5 atom stereocenters. The van der Waals surface area contributed by atoms with E-state index in [1.165, 1.54) is 30.5 Å². The molecule has 5 amide bonds. The van der Waals surface area contributed by atoms with Gasteiger partial charge in [0.05, 0.1) is 27.6 Å². The Kier molecular flexibility index (Phi) is 14.6. The lowest BCUT2D eigenvalue weighted by Crippen LogP contribution is -2.54. The molecule has 402 valence electrons. The molecule has 2 aromatic heterocycles. The second kappa shape index (κ2) is 21.9. The van der Waals surface area contributed by atoms with Crippen LogP contribution in [0.2, 0.25) is 0 Å². The molecular weight excluding hydrogens is 991 g/mol. The van der Waals surface area contributed by atoms with E-state index in [0.717, 1.165) is 94.9 Å². The highest BCUT2D eigenvalue weighted by atomic mass is 19.1. The standard InChI is InChI=1S/C57H62F2N10O8/c1-2-38-42(58)17-14-33-26-37(70)27-40(46(33)38)49-48(59)50-41(28-62-49)51(67-29-34-15-16-35(30-67)63-34)66-55(65-50)77-32-57-21-11-25-68(57)36(20-22-57)31-76-56(75)61-24-9-7-5-3-4-6-8-23-60-43-13-10-12-39-47(43)54(74)69(53(39)73)44-18-19-45(71)64-52(44)72/h1,10,12-14,17,26-28,34-36,44,60,63,70H,3-9,11,15-16,18-25,29-32H2,(H,61,75)(H,64,71,72). The number of fused-ring (bicyclic) bond motifs is 6. The van der Waals surface area contributed by atoms with E-state index in [1.807, 2.05) is 0 Å². The number of aromatic nitrogens is 3. The lowest BCUT2D eigenvalue weighted by Gasteiger charge is -2.35. The Labute approximate surface area is 444 Å². The molecule has 5 saturated heterocycles. The Balaban J connectivity index is 0.644. The summed E-state index contributed by atoms with van der Waals surface area (Å²) >= 11 is 0. The number of phenols is 1. The zero-order chi connectivity index (χ0) is 53.4. The number of benzene rings is 3. The van der Waals surface area contributed by atoms with E-state index in [1.54, 1.807) is 18.2 Å². The van der Waals surface area contributed by atoms with Crippen LogP contribution in [0.3, 0.4) is 0 Å². The molecule has 5 N–H and O–H groups in total. The van der Waals surface area contributed by atoms with E-state index in [4.69, 9.17) is 20.9 Å². The third kappa shape index (κ3) is 10.2. The number of anilines is 2. The van der Waals surface area contributed by atoms with E-state index in [-0.39, 0.29) is 100 Å². The van der Waals surface area contributed by atoms with Gasteiger partial charge in [0.2, 0.25) is 11.8 Å². The monoisotopic (exact) mass is 1050 g/mol. The summed E-state index contributed by atoms with van der Waals surface area (Å²) in [5.41, 5.74) is 0.624. The number of carbonyl (C=O) groups is 5. The number of piperazine rings is 1. The van der Waals surface area contributed by atoms with Gasteiger partial charge in [0.25, 0.3) is 11.8 Å². The number of halogens is 2. The fraction of sp³-hybridized carbons (Fsp3) is 0.474. The molecule has 3 aromatic carbocycles. The first-order valence-corrected chi connectivity index (χ1v) is 27.1. The molecule has 5 unspecified atom stereocenters. The average molecular weight is 1050 g/mol. The van der Waals surface area contributed by atoms with Crippen LogP contribution in [-0.2, 0) is 14.3 Å². The zero-order valence-corrected chi connectivity index (χ0v) is 42.8. The van der Waals surface area contributed by atoms with Gasteiger partial charge in [0, 0.05) is 73.6 Å². The number of carbonyl (C=O) groups excluding carboxylic acids is 5. The second-order valence-corrected chi connectivity index (χ2v) is 21.3. The Bertz CT molecular complexity index is 3210. The number of alkyl carbamates (subject to hydrolysis) is 1. The highest BCUT2D eigenvalue weighted by molar-refractivity contribution is 6.25. The zero-order valence-electron chi connectivity index (χ0n) is 42.8. The van der Waals surface area contributed by atoms with Gasteiger partial charge in [-0.25, -0.2) is 13.6 Å². The van der Waals surface area contributed by atoms with Gasteiger partial charge in [-0.15, -0.1) is 6.42 Å². The van der Waals surface area contributed by atoms with Crippen molar-refractivity contribution >= 4 is 62.9 Å². The maximum Gasteiger partial charge on any atom is 0.407 e. The number of rotatable bonds is 19. The molecule has 20 heteroatoms. The van der Waals surface area contributed by atoms with Crippen LogP contribution in [0.25, 0.3) is 32.9 Å². The lowest BCUT2D eigenvalue weighted by atomic mass is 9.95. The Morgan fingerprint density at radius 2 is 1.69 bits per heavy atom. The molecule has 6 aliphatic heterocycles. The van der Waals surface area contributed by atoms with E-state index >= 15 is 8.78 Å². The molecule has 18 nitrogen and oxygen atoms in total. The number of piperidine rings is 1. The third-order valence-corrected chi connectivity index (χ3v) is 16.4. The highest BCUT2D eigenvalue weighted by Crippen LogP contribution is 2.44. The van der Waals surface area contributed by atoms with Crippen molar-refractivity contribution in [3.8, 4) is 35.4 Å². The van der Waals surface area contributed by atoms with Gasteiger partial charge < -0.3 is 35.4 Å². The van der Waals surface area contributed by atoms with Crippen LogP contribution in [0.1, 0.15) is 123 Å². The summed E-state index contributed by atoms with van der Waals surface area (Å²) in [5.74, 6) is -0.780. The molecule has 2 bridgehead atoms. The quantitative estimate of drug-likeness (QED) is 0.0317. The average Bonchev–Trinajstić information content (AvgIpc) is 4.28. The van der Waals surface area contributed by atoms with Gasteiger partial charge in [0.1, 0.15) is 47.9 Å². The molecule has 0 radical (unpaired) electrons. The number of imide groups is 2. The van der Waals surface area contributed by atoms with Crippen molar-refractivity contribution in [2.24, 2.45) is 0 Å². The number of terminal acetylenes is 1. The van der Waals surface area contributed by atoms with E-state index in [2.05, 4.69) is 47.0 Å². The van der Waals surface area contributed by atoms with Crippen molar-refractivity contribution in [2.75, 3.05) is 56.2 Å².